The maximum absolute atomic E-state index is 12.3. The van der Waals surface area contributed by atoms with Crippen LogP contribution in [0.2, 0.25) is 5.02 Å². The highest BCUT2D eigenvalue weighted by atomic mass is 35.5. The first-order valence-electron chi connectivity index (χ1n) is 7.97. The van der Waals surface area contributed by atoms with Crippen molar-refractivity contribution in [3.05, 3.63) is 47.3 Å². The summed E-state index contributed by atoms with van der Waals surface area (Å²) >= 11 is 5.83. The summed E-state index contributed by atoms with van der Waals surface area (Å²) in [5, 5.41) is 12.5. The summed E-state index contributed by atoms with van der Waals surface area (Å²) < 4.78 is 12.1. The van der Waals surface area contributed by atoms with E-state index in [9.17, 15) is 4.79 Å². The highest BCUT2D eigenvalue weighted by Gasteiger charge is 2.13. The molecule has 0 fully saturated rings. The number of carbonyl (C=O) groups excluding carboxylic acids is 1. The van der Waals surface area contributed by atoms with Crippen LogP contribution in [0.4, 0.5) is 0 Å². The number of amides is 1. The lowest BCUT2D eigenvalue weighted by Gasteiger charge is -2.17. The van der Waals surface area contributed by atoms with Crippen molar-refractivity contribution in [1.82, 2.24) is 25.1 Å². The van der Waals surface area contributed by atoms with Gasteiger partial charge in [-0.2, -0.15) is 0 Å². The molecule has 2 heterocycles. The topological polar surface area (TPSA) is 86.3 Å². The highest BCUT2D eigenvalue weighted by Crippen LogP contribution is 2.16. The van der Waals surface area contributed by atoms with Gasteiger partial charge in [0.05, 0.1) is 12.7 Å². The number of ether oxygens (including phenoxy) is 1. The van der Waals surface area contributed by atoms with Crippen LogP contribution in [0.15, 0.2) is 41.1 Å². The van der Waals surface area contributed by atoms with Crippen molar-refractivity contribution in [2.24, 2.45) is 0 Å². The van der Waals surface area contributed by atoms with Gasteiger partial charge in [-0.15, -0.1) is 5.10 Å². The Hall–Kier alpha value is -2.87. The summed E-state index contributed by atoms with van der Waals surface area (Å²) in [6.07, 6.45) is 1.66. The minimum atomic E-state index is -0.0995. The van der Waals surface area contributed by atoms with Crippen molar-refractivity contribution in [1.29, 1.82) is 0 Å². The summed E-state index contributed by atoms with van der Waals surface area (Å²) in [5.41, 5.74) is 1.15. The summed E-state index contributed by atoms with van der Waals surface area (Å²) in [7, 11) is 1.71. The standard InChI is InChI=1S/C17H18ClN5O3/c1-12-9-15(20-26-12)16-10-23(21-19-16)11-17(24)22(2)7-8-25-14-5-3-13(18)4-6-14/h3-6,9-10H,7-8,11H2,1-2H3. The maximum Gasteiger partial charge on any atom is 0.244 e. The fourth-order valence-electron chi connectivity index (χ4n) is 2.20. The van der Waals surface area contributed by atoms with E-state index in [2.05, 4.69) is 15.5 Å². The van der Waals surface area contributed by atoms with Gasteiger partial charge in [0, 0.05) is 18.1 Å². The van der Waals surface area contributed by atoms with E-state index in [0.717, 1.165) is 0 Å². The lowest BCUT2D eigenvalue weighted by molar-refractivity contribution is -0.131. The molecule has 136 valence electrons. The molecular weight excluding hydrogens is 358 g/mol. The van der Waals surface area contributed by atoms with Crippen LogP contribution in [0.3, 0.4) is 0 Å². The Balaban J connectivity index is 1.48. The van der Waals surface area contributed by atoms with Gasteiger partial charge in [0.15, 0.2) is 0 Å². The molecule has 1 amide bonds. The van der Waals surface area contributed by atoms with Crippen molar-refractivity contribution in [3.63, 3.8) is 0 Å². The minimum Gasteiger partial charge on any atom is -0.492 e. The van der Waals surface area contributed by atoms with Gasteiger partial charge in [-0.3, -0.25) is 4.79 Å². The van der Waals surface area contributed by atoms with Crippen LogP contribution in [-0.2, 0) is 11.3 Å². The first kappa shape index (κ1) is 17.9. The van der Waals surface area contributed by atoms with Gasteiger partial charge in [-0.05, 0) is 31.2 Å². The van der Waals surface area contributed by atoms with Crippen LogP contribution in [-0.4, -0.2) is 51.2 Å². The van der Waals surface area contributed by atoms with Crippen LogP contribution in [0.1, 0.15) is 5.76 Å². The number of hydrogen-bond acceptors (Lipinski definition) is 6. The van der Waals surface area contributed by atoms with Crippen molar-refractivity contribution in [3.8, 4) is 17.1 Å². The number of halogens is 1. The fourth-order valence-corrected chi connectivity index (χ4v) is 2.32. The number of nitrogens with zero attached hydrogens (tertiary/aromatic N) is 5. The molecule has 0 saturated carbocycles. The monoisotopic (exact) mass is 375 g/mol. The van der Waals surface area contributed by atoms with Crippen molar-refractivity contribution < 1.29 is 14.1 Å². The minimum absolute atomic E-state index is 0.0846. The Morgan fingerprint density at radius 1 is 1.31 bits per heavy atom. The number of aryl methyl sites for hydroxylation is 1. The van der Waals surface area contributed by atoms with E-state index < -0.39 is 0 Å². The number of benzene rings is 1. The van der Waals surface area contributed by atoms with E-state index in [1.165, 1.54) is 4.68 Å². The van der Waals surface area contributed by atoms with Crippen molar-refractivity contribution in [2.75, 3.05) is 20.2 Å². The number of aromatic nitrogens is 4. The summed E-state index contributed by atoms with van der Waals surface area (Å²) in [6, 6.07) is 8.84. The van der Waals surface area contributed by atoms with Gasteiger partial charge in [-0.1, -0.05) is 22.0 Å². The molecule has 0 saturated heterocycles. The number of hydrogen-bond donors (Lipinski definition) is 0. The van der Waals surface area contributed by atoms with Crippen molar-refractivity contribution in [2.45, 2.75) is 13.5 Å². The Kier molecular flexibility index (Phi) is 5.52. The second-order valence-electron chi connectivity index (χ2n) is 5.74. The Morgan fingerprint density at radius 3 is 2.77 bits per heavy atom. The van der Waals surface area contributed by atoms with Gasteiger partial charge < -0.3 is 14.2 Å². The SMILES string of the molecule is Cc1cc(-c2cn(CC(=O)N(C)CCOc3ccc(Cl)cc3)nn2)no1. The predicted octanol–water partition coefficient (Wildman–Crippen LogP) is 2.43. The zero-order valence-electron chi connectivity index (χ0n) is 14.4. The lowest BCUT2D eigenvalue weighted by Crippen LogP contribution is -2.33. The van der Waals surface area contributed by atoms with E-state index in [4.69, 9.17) is 20.9 Å². The third kappa shape index (κ3) is 4.60. The number of carbonyl (C=O) groups is 1. The summed E-state index contributed by atoms with van der Waals surface area (Å²) in [5.74, 6) is 1.29. The van der Waals surface area contributed by atoms with Gasteiger partial charge >= 0.3 is 0 Å². The maximum atomic E-state index is 12.3. The zero-order chi connectivity index (χ0) is 18.5. The largest absolute Gasteiger partial charge is 0.492 e. The van der Waals surface area contributed by atoms with Crippen LogP contribution in [0, 0.1) is 6.92 Å². The molecular formula is C17H18ClN5O3. The molecule has 3 aromatic rings. The molecule has 9 heteroatoms. The molecule has 3 rings (SSSR count). The molecule has 0 aliphatic rings. The van der Waals surface area contributed by atoms with Crippen molar-refractivity contribution >= 4 is 17.5 Å². The van der Waals surface area contributed by atoms with E-state index in [1.54, 1.807) is 55.4 Å². The van der Waals surface area contributed by atoms with Crippen LogP contribution in [0.25, 0.3) is 11.4 Å². The first-order chi connectivity index (χ1) is 12.5. The van der Waals surface area contributed by atoms with E-state index in [0.29, 0.717) is 41.1 Å². The lowest BCUT2D eigenvalue weighted by atomic mass is 10.3. The molecule has 0 atom stereocenters. The quantitative estimate of drug-likeness (QED) is 0.630. The Morgan fingerprint density at radius 2 is 2.08 bits per heavy atom. The number of rotatable bonds is 7. The second kappa shape index (κ2) is 8.01. The summed E-state index contributed by atoms with van der Waals surface area (Å²) in [4.78, 5) is 13.9. The summed E-state index contributed by atoms with van der Waals surface area (Å²) in [6.45, 7) is 2.71. The Labute approximate surface area is 155 Å². The van der Waals surface area contributed by atoms with Gasteiger partial charge in [0.1, 0.15) is 36.0 Å². The fraction of sp³-hybridized carbons (Fsp3) is 0.294. The van der Waals surface area contributed by atoms with Gasteiger partial charge in [0.25, 0.3) is 0 Å². The normalized spacial score (nSPS) is 10.7. The highest BCUT2D eigenvalue weighted by molar-refractivity contribution is 6.30. The van der Waals surface area contributed by atoms with Crippen LogP contribution in [0.5, 0.6) is 5.75 Å². The van der Waals surface area contributed by atoms with Gasteiger partial charge in [0.2, 0.25) is 5.91 Å². The smallest absolute Gasteiger partial charge is 0.244 e. The molecule has 0 aliphatic carbocycles. The third-order valence-electron chi connectivity index (χ3n) is 3.66. The molecule has 26 heavy (non-hydrogen) atoms. The van der Waals surface area contributed by atoms with Gasteiger partial charge in [-0.25, -0.2) is 4.68 Å². The molecule has 0 aliphatic heterocycles. The first-order valence-corrected chi connectivity index (χ1v) is 8.35. The molecule has 0 radical (unpaired) electrons. The molecule has 0 N–H and O–H groups in total. The predicted molar refractivity (Wildman–Crippen MR) is 94.8 cm³/mol. The zero-order valence-corrected chi connectivity index (χ0v) is 15.2. The molecule has 2 aromatic heterocycles. The molecule has 1 aromatic carbocycles. The average molecular weight is 376 g/mol. The molecule has 0 bridgehead atoms. The second-order valence-corrected chi connectivity index (χ2v) is 6.18. The van der Waals surface area contributed by atoms with Crippen LogP contribution < -0.4 is 4.74 Å². The molecule has 8 nitrogen and oxygen atoms in total. The Bertz CT molecular complexity index is 875. The third-order valence-corrected chi connectivity index (χ3v) is 3.91. The van der Waals surface area contributed by atoms with E-state index in [1.807, 2.05) is 0 Å². The molecule has 0 unspecified atom stereocenters. The number of likely N-dealkylation sites (N-methyl/N-ethyl adjacent to an activating group) is 1. The average Bonchev–Trinajstić information content (AvgIpc) is 3.25. The van der Waals surface area contributed by atoms with E-state index in [-0.39, 0.29) is 12.5 Å². The van der Waals surface area contributed by atoms with Crippen LogP contribution >= 0.6 is 11.6 Å². The molecule has 0 spiro atoms. The van der Waals surface area contributed by atoms with E-state index >= 15 is 0 Å².